The lowest BCUT2D eigenvalue weighted by Gasteiger charge is -2.11. The van der Waals surface area contributed by atoms with Gasteiger partial charge in [-0.1, -0.05) is 13.0 Å². The molecule has 0 bridgehead atoms. The van der Waals surface area contributed by atoms with Crippen molar-refractivity contribution in [2.24, 2.45) is 12.8 Å². The van der Waals surface area contributed by atoms with Gasteiger partial charge in [0, 0.05) is 22.4 Å². The van der Waals surface area contributed by atoms with Crippen LogP contribution in [0.3, 0.4) is 0 Å². The molecule has 19 heavy (non-hydrogen) atoms. The minimum atomic E-state index is 0.0641. The van der Waals surface area contributed by atoms with Crippen LogP contribution in [0.1, 0.15) is 12.5 Å². The van der Waals surface area contributed by atoms with E-state index in [4.69, 9.17) is 11.1 Å². The first kappa shape index (κ1) is 13.9. The molecule has 0 saturated heterocycles. The standard InChI is InChI=1S/C11H14N6S2/c1-3-18-7-5-4-6-8(9(7)10(12)13)19-11-14-15-16-17(11)2/h4-6H,3H2,1-2H3,(H3,12,13). The van der Waals surface area contributed by atoms with E-state index in [1.807, 2.05) is 18.2 Å². The lowest BCUT2D eigenvalue weighted by atomic mass is 10.2. The molecule has 1 aromatic heterocycles. The molecule has 2 aromatic rings. The van der Waals surface area contributed by atoms with E-state index in [9.17, 15) is 0 Å². The van der Waals surface area contributed by atoms with Crippen molar-refractivity contribution in [1.29, 1.82) is 5.41 Å². The number of aromatic nitrogens is 4. The zero-order chi connectivity index (χ0) is 13.8. The summed E-state index contributed by atoms with van der Waals surface area (Å²) in [6.45, 7) is 2.07. The van der Waals surface area contributed by atoms with Crippen LogP contribution in [0.4, 0.5) is 0 Å². The van der Waals surface area contributed by atoms with Crippen LogP contribution < -0.4 is 5.73 Å². The number of nitrogen functional groups attached to an aromatic ring is 1. The largest absolute Gasteiger partial charge is 0.384 e. The van der Waals surface area contributed by atoms with Gasteiger partial charge in [-0.15, -0.1) is 16.9 Å². The van der Waals surface area contributed by atoms with E-state index in [0.29, 0.717) is 5.16 Å². The molecule has 1 heterocycles. The third kappa shape index (κ3) is 3.07. The smallest absolute Gasteiger partial charge is 0.213 e. The second-order valence-corrected chi connectivity index (χ2v) is 5.98. The Bertz CT molecular complexity index is 595. The topological polar surface area (TPSA) is 93.5 Å². The van der Waals surface area contributed by atoms with E-state index in [0.717, 1.165) is 21.1 Å². The molecule has 3 N–H and O–H groups in total. The van der Waals surface area contributed by atoms with Crippen LogP contribution in [0, 0.1) is 5.41 Å². The van der Waals surface area contributed by atoms with Crippen LogP contribution in [-0.2, 0) is 7.05 Å². The monoisotopic (exact) mass is 294 g/mol. The first-order valence-corrected chi connectivity index (χ1v) is 7.44. The number of amidine groups is 1. The van der Waals surface area contributed by atoms with Gasteiger partial charge in [-0.3, -0.25) is 5.41 Å². The summed E-state index contributed by atoms with van der Waals surface area (Å²) in [7, 11) is 1.78. The number of aryl methyl sites for hydroxylation is 1. The van der Waals surface area contributed by atoms with Gasteiger partial charge in [-0.2, -0.15) is 0 Å². The Labute approximate surface area is 119 Å². The highest BCUT2D eigenvalue weighted by molar-refractivity contribution is 8.00. The summed E-state index contributed by atoms with van der Waals surface area (Å²) in [6.07, 6.45) is 0. The SMILES string of the molecule is CCSc1cccc(Sc2nnnn2C)c1C(=N)N. The Kier molecular flexibility index (Phi) is 4.43. The van der Waals surface area contributed by atoms with Gasteiger partial charge in [0.25, 0.3) is 0 Å². The van der Waals surface area contributed by atoms with E-state index >= 15 is 0 Å². The molecule has 0 spiro atoms. The number of hydrogen-bond acceptors (Lipinski definition) is 6. The molecule has 0 atom stereocenters. The van der Waals surface area contributed by atoms with Crippen molar-refractivity contribution in [1.82, 2.24) is 20.2 Å². The van der Waals surface area contributed by atoms with Crippen molar-refractivity contribution in [3.8, 4) is 0 Å². The Morgan fingerprint density at radius 3 is 2.74 bits per heavy atom. The summed E-state index contributed by atoms with van der Waals surface area (Å²) in [5.41, 5.74) is 6.46. The Balaban J connectivity index is 2.42. The lowest BCUT2D eigenvalue weighted by Crippen LogP contribution is -2.14. The second-order valence-electron chi connectivity index (χ2n) is 3.66. The Morgan fingerprint density at radius 2 is 2.16 bits per heavy atom. The van der Waals surface area contributed by atoms with Gasteiger partial charge in [0.05, 0.1) is 0 Å². The first-order valence-electron chi connectivity index (χ1n) is 5.64. The summed E-state index contributed by atoms with van der Waals surface area (Å²) < 4.78 is 1.59. The molecule has 8 heteroatoms. The molecule has 0 radical (unpaired) electrons. The predicted octanol–water partition coefficient (Wildman–Crippen LogP) is 1.76. The maximum Gasteiger partial charge on any atom is 0.213 e. The third-order valence-electron chi connectivity index (χ3n) is 2.34. The lowest BCUT2D eigenvalue weighted by molar-refractivity contribution is 0.664. The molecule has 0 unspecified atom stereocenters. The number of thioether (sulfide) groups is 1. The van der Waals surface area contributed by atoms with Crippen LogP contribution >= 0.6 is 23.5 Å². The van der Waals surface area contributed by atoms with Crippen LogP contribution in [0.25, 0.3) is 0 Å². The van der Waals surface area contributed by atoms with Crippen molar-refractivity contribution in [2.45, 2.75) is 21.9 Å². The highest BCUT2D eigenvalue weighted by atomic mass is 32.2. The third-order valence-corrected chi connectivity index (χ3v) is 4.37. The second kappa shape index (κ2) is 6.07. The number of benzene rings is 1. The number of tetrazole rings is 1. The highest BCUT2D eigenvalue weighted by Gasteiger charge is 2.14. The van der Waals surface area contributed by atoms with Gasteiger partial charge in [0.15, 0.2) is 0 Å². The molecule has 0 saturated carbocycles. The molecular weight excluding hydrogens is 280 g/mol. The van der Waals surface area contributed by atoms with Crippen LogP contribution in [0.2, 0.25) is 0 Å². The molecule has 0 amide bonds. The van der Waals surface area contributed by atoms with Crippen molar-refractivity contribution in [3.63, 3.8) is 0 Å². The Morgan fingerprint density at radius 1 is 1.42 bits per heavy atom. The number of rotatable bonds is 5. The fourth-order valence-electron chi connectivity index (χ4n) is 1.54. The molecule has 0 aliphatic rings. The van der Waals surface area contributed by atoms with Crippen molar-refractivity contribution >= 4 is 29.4 Å². The predicted molar refractivity (Wildman–Crippen MR) is 76.8 cm³/mol. The van der Waals surface area contributed by atoms with Crippen LogP contribution in [0.5, 0.6) is 0 Å². The van der Waals surface area contributed by atoms with E-state index < -0.39 is 0 Å². The normalized spacial score (nSPS) is 10.6. The maximum atomic E-state index is 7.77. The van der Waals surface area contributed by atoms with Gasteiger partial charge in [0.2, 0.25) is 5.16 Å². The Hall–Kier alpha value is -1.54. The van der Waals surface area contributed by atoms with Gasteiger partial charge >= 0.3 is 0 Å². The van der Waals surface area contributed by atoms with Crippen molar-refractivity contribution in [2.75, 3.05) is 5.75 Å². The molecule has 100 valence electrons. The van der Waals surface area contributed by atoms with E-state index in [1.165, 1.54) is 11.8 Å². The first-order chi connectivity index (χ1) is 9.13. The summed E-state index contributed by atoms with van der Waals surface area (Å²) in [5, 5.41) is 19.8. The fourth-order valence-corrected chi connectivity index (χ4v) is 3.37. The van der Waals surface area contributed by atoms with Crippen LogP contribution in [-0.4, -0.2) is 31.8 Å². The number of nitrogens with one attached hydrogen (secondary N) is 1. The minimum absolute atomic E-state index is 0.0641. The molecule has 0 fully saturated rings. The van der Waals surface area contributed by atoms with Crippen molar-refractivity contribution in [3.05, 3.63) is 23.8 Å². The number of nitrogens with zero attached hydrogens (tertiary/aromatic N) is 4. The van der Waals surface area contributed by atoms with Gasteiger partial charge in [-0.25, -0.2) is 4.68 Å². The summed E-state index contributed by atoms with van der Waals surface area (Å²) >= 11 is 3.08. The van der Waals surface area contributed by atoms with E-state index in [-0.39, 0.29) is 5.84 Å². The molecule has 6 nitrogen and oxygen atoms in total. The van der Waals surface area contributed by atoms with Gasteiger partial charge in [-0.05, 0) is 40.1 Å². The highest BCUT2D eigenvalue weighted by Crippen LogP contribution is 2.33. The molecule has 0 aliphatic heterocycles. The minimum Gasteiger partial charge on any atom is -0.384 e. The number of nitrogens with two attached hydrogens (primary N) is 1. The van der Waals surface area contributed by atoms with E-state index in [2.05, 4.69) is 22.4 Å². The fraction of sp³-hybridized carbons (Fsp3) is 0.273. The average Bonchev–Trinajstić information content (AvgIpc) is 2.75. The van der Waals surface area contributed by atoms with Crippen LogP contribution in [0.15, 0.2) is 33.1 Å². The summed E-state index contributed by atoms with van der Waals surface area (Å²) in [4.78, 5) is 1.90. The van der Waals surface area contributed by atoms with Gasteiger partial charge < -0.3 is 5.73 Å². The summed E-state index contributed by atoms with van der Waals surface area (Å²) in [5.74, 6) is 0.995. The maximum absolute atomic E-state index is 7.77. The summed E-state index contributed by atoms with van der Waals surface area (Å²) in [6, 6.07) is 5.86. The molecule has 1 aromatic carbocycles. The average molecular weight is 294 g/mol. The quantitative estimate of drug-likeness (QED) is 0.496. The van der Waals surface area contributed by atoms with Crippen molar-refractivity contribution < 1.29 is 0 Å². The van der Waals surface area contributed by atoms with Gasteiger partial charge in [0.1, 0.15) is 5.84 Å². The molecule has 2 rings (SSSR count). The zero-order valence-electron chi connectivity index (χ0n) is 10.6. The zero-order valence-corrected chi connectivity index (χ0v) is 12.3. The van der Waals surface area contributed by atoms with E-state index in [1.54, 1.807) is 23.5 Å². The molecular formula is C11H14N6S2. The molecule has 0 aliphatic carbocycles. The number of hydrogen-bond donors (Lipinski definition) is 2.